The first kappa shape index (κ1) is 15.9. The number of nitrogens with one attached hydrogen (secondary N) is 1. The van der Waals surface area contributed by atoms with Crippen molar-refractivity contribution in [3.05, 3.63) is 55.3 Å². The van der Waals surface area contributed by atoms with Gasteiger partial charge in [0.15, 0.2) is 0 Å². The van der Waals surface area contributed by atoms with E-state index in [4.69, 9.17) is 23.2 Å². The van der Waals surface area contributed by atoms with Gasteiger partial charge in [0.25, 0.3) is 5.56 Å². The molecule has 0 aliphatic carbocycles. The van der Waals surface area contributed by atoms with Crippen molar-refractivity contribution in [2.24, 2.45) is 0 Å². The van der Waals surface area contributed by atoms with Crippen LogP contribution in [-0.2, 0) is 5.54 Å². The lowest BCUT2D eigenvalue weighted by molar-refractivity contribution is 0.318. The first-order chi connectivity index (χ1) is 9.77. The maximum absolute atomic E-state index is 12.7. The molecule has 0 aliphatic rings. The molecule has 0 radical (unpaired) electrons. The number of nitrogens with zero attached hydrogens (tertiary/aromatic N) is 1. The van der Waals surface area contributed by atoms with Crippen molar-refractivity contribution < 1.29 is 0 Å². The lowest BCUT2D eigenvalue weighted by Crippen LogP contribution is -2.46. The molecule has 0 fully saturated rings. The van der Waals surface area contributed by atoms with Crippen LogP contribution in [0.25, 0.3) is 11.1 Å². The van der Waals surface area contributed by atoms with Crippen molar-refractivity contribution in [2.45, 2.75) is 32.7 Å². The van der Waals surface area contributed by atoms with Crippen LogP contribution in [0.2, 0.25) is 10.2 Å². The lowest BCUT2D eigenvalue weighted by Gasteiger charge is -2.25. The Labute approximate surface area is 132 Å². The summed E-state index contributed by atoms with van der Waals surface area (Å²) in [7, 11) is 0. The maximum Gasteiger partial charge on any atom is 0.330 e. The Morgan fingerprint density at radius 3 is 2.48 bits per heavy atom. The van der Waals surface area contributed by atoms with E-state index in [0.29, 0.717) is 17.0 Å². The number of aromatic amines is 1. The molecule has 1 aromatic carbocycles. The van der Waals surface area contributed by atoms with Crippen molar-refractivity contribution in [3.8, 4) is 11.1 Å². The molecule has 0 unspecified atom stereocenters. The fourth-order valence-corrected chi connectivity index (χ4v) is 2.57. The van der Waals surface area contributed by atoms with E-state index in [0.717, 1.165) is 0 Å². The van der Waals surface area contributed by atoms with Crippen LogP contribution in [0.5, 0.6) is 0 Å². The zero-order chi connectivity index (χ0) is 15.8. The van der Waals surface area contributed by atoms with Crippen LogP contribution in [0.3, 0.4) is 0 Å². The highest BCUT2D eigenvalue weighted by molar-refractivity contribution is 6.32. The highest BCUT2D eigenvalue weighted by Gasteiger charge is 2.25. The van der Waals surface area contributed by atoms with Crippen molar-refractivity contribution in [2.75, 3.05) is 0 Å². The van der Waals surface area contributed by atoms with Gasteiger partial charge in [0, 0.05) is 10.6 Å². The summed E-state index contributed by atoms with van der Waals surface area (Å²) in [4.78, 5) is 27.4. The number of benzene rings is 1. The van der Waals surface area contributed by atoms with E-state index in [1.54, 1.807) is 24.3 Å². The van der Waals surface area contributed by atoms with Crippen molar-refractivity contribution in [3.63, 3.8) is 0 Å². The average molecular weight is 327 g/mol. The summed E-state index contributed by atoms with van der Waals surface area (Å²) in [5.74, 6) is 0. The molecule has 0 spiro atoms. The topological polar surface area (TPSA) is 54.9 Å². The molecule has 6 heteroatoms. The molecule has 2 aromatic rings. The molecule has 0 atom stereocenters. The molecule has 2 rings (SSSR count). The highest BCUT2D eigenvalue weighted by atomic mass is 35.5. The van der Waals surface area contributed by atoms with Gasteiger partial charge in [-0.1, -0.05) is 42.3 Å². The summed E-state index contributed by atoms with van der Waals surface area (Å²) in [5, 5.41) is 0.519. The molecule has 21 heavy (non-hydrogen) atoms. The molecular formula is C15H16Cl2N2O2. The van der Waals surface area contributed by atoms with E-state index in [1.807, 2.05) is 20.8 Å². The molecule has 1 N–H and O–H groups in total. The van der Waals surface area contributed by atoms with Crippen molar-refractivity contribution in [1.29, 1.82) is 0 Å². The highest BCUT2D eigenvalue weighted by Crippen LogP contribution is 2.25. The van der Waals surface area contributed by atoms with Crippen LogP contribution in [-0.4, -0.2) is 9.55 Å². The van der Waals surface area contributed by atoms with E-state index >= 15 is 0 Å². The predicted molar refractivity (Wildman–Crippen MR) is 86.4 cm³/mol. The lowest BCUT2D eigenvalue weighted by atomic mass is 10.0. The van der Waals surface area contributed by atoms with Gasteiger partial charge in [-0.05, 0) is 38.0 Å². The number of hydrogen-bond donors (Lipinski definition) is 1. The Hall–Kier alpha value is -1.52. The third-order valence-corrected chi connectivity index (χ3v) is 4.16. The predicted octanol–water partition coefficient (Wildman–Crippen LogP) is 3.66. The van der Waals surface area contributed by atoms with Gasteiger partial charge in [-0.2, -0.15) is 0 Å². The van der Waals surface area contributed by atoms with Crippen LogP contribution in [0.15, 0.2) is 33.9 Å². The van der Waals surface area contributed by atoms with E-state index in [1.165, 1.54) is 4.57 Å². The van der Waals surface area contributed by atoms with Gasteiger partial charge < -0.3 is 0 Å². The van der Waals surface area contributed by atoms with Crippen molar-refractivity contribution in [1.82, 2.24) is 9.55 Å². The Morgan fingerprint density at radius 2 is 1.90 bits per heavy atom. The fraction of sp³-hybridized carbons (Fsp3) is 0.333. The summed E-state index contributed by atoms with van der Waals surface area (Å²) in [5.41, 5.74) is -0.710. The van der Waals surface area contributed by atoms with Crippen LogP contribution in [0.4, 0.5) is 0 Å². The second-order valence-corrected chi connectivity index (χ2v) is 6.25. The largest absolute Gasteiger partial charge is 0.330 e. The second-order valence-electron chi connectivity index (χ2n) is 5.44. The summed E-state index contributed by atoms with van der Waals surface area (Å²) in [6, 6.07) is 6.81. The Kier molecular flexibility index (Phi) is 4.30. The van der Waals surface area contributed by atoms with Crippen LogP contribution in [0.1, 0.15) is 27.2 Å². The molecule has 0 amide bonds. The van der Waals surface area contributed by atoms with Gasteiger partial charge in [0.1, 0.15) is 5.15 Å². The fourth-order valence-electron chi connectivity index (χ4n) is 2.11. The summed E-state index contributed by atoms with van der Waals surface area (Å²) in [6.45, 7) is 5.58. The number of rotatable bonds is 3. The molecule has 1 aromatic heterocycles. The molecule has 4 nitrogen and oxygen atoms in total. The van der Waals surface area contributed by atoms with Crippen LogP contribution in [0, 0.1) is 0 Å². The Balaban J connectivity index is 2.84. The Bertz CT molecular complexity index is 791. The maximum atomic E-state index is 12.7. The molecule has 112 valence electrons. The standard InChI is InChI=1S/C15H16Cl2N2O2/c1-4-15(2,3)19-13(20)11(12(17)18-14(19)21)9-6-5-7-10(16)8-9/h5-8H,4H2,1-3H3,(H,18,21). The minimum Gasteiger partial charge on any atom is -0.297 e. The van der Waals surface area contributed by atoms with E-state index in [9.17, 15) is 9.59 Å². The van der Waals surface area contributed by atoms with E-state index in [-0.39, 0.29) is 10.7 Å². The molecule has 0 saturated heterocycles. The first-order valence-electron chi connectivity index (χ1n) is 6.59. The smallest absolute Gasteiger partial charge is 0.297 e. The number of hydrogen-bond acceptors (Lipinski definition) is 2. The van der Waals surface area contributed by atoms with Gasteiger partial charge in [-0.3, -0.25) is 14.3 Å². The van der Waals surface area contributed by atoms with E-state index in [2.05, 4.69) is 4.98 Å². The average Bonchev–Trinajstić information content (AvgIpc) is 2.37. The summed E-state index contributed by atoms with van der Waals surface area (Å²) >= 11 is 12.0. The zero-order valence-corrected chi connectivity index (χ0v) is 13.5. The minimum absolute atomic E-state index is 0.0235. The quantitative estimate of drug-likeness (QED) is 0.875. The minimum atomic E-state index is -0.609. The number of aromatic nitrogens is 2. The van der Waals surface area contributed by atoms with Gasteiger partial charge in [0.2, 0.25) is 0 Å². The molecule has 0 saturated carbocycles. The zero-order valence-electron chi connectivity index (χ0n) is 12.0. The molecule has 1 heterocycles. The molecular weight excluding hydrogens is 311 g/mol. The van der Waals surface area contributed by atoms with Gasteiger partial charge in [-0.25, -0.2) is 4.79 Å². The molecule has 0 aliphatic heterocycles. The third-order valence-electron chi connectivity index (χ3n) is 3.64. The SMILES string of the molecule is CCC(C)(C)n1c(=O)[nH]c(Cl)c(-c2cccc(Cl)c2)c1=O. The van der Waals surface area contributed by atoms with Crippen LogP contribution < -0.4 is 11.2 Å². The normalized spacial score (nSPS) is 11.7. The Morgan fingerprint density at radius 1 is 1.24 bits per heavy atom. The van der Waals surface area contributed by atoms with E-state index < -0.39 is 16.8 Å². The first-order valence-corrected chi connectivity index (χ1v) is 7.34. The monoisotopic (exact) mass is 326 g/mol. The second kappa shape index (κ2) is 5.70. The molecule has 0 bridgehead atoms. The number of H-pyrrole nitrogens is 1. The van der Waals surface area contributed by atoms with Crippen molar-refractivity contribution >= 4 is 23.2 Å². The summed E-state index contributed by atoms with van der Waals surface area (Å²) in [6.07, 6.45) is 0.632. The number of halogens is 2. The summed E-state index contributed by atoms with van der Waals surface area (Å²) < 4.78 is 1.20. The van der Waals surface area contributed by atoms with Gasteiger partial charge in [0.05, 0.1) is 5.56 Å². The van der Waals surface area contributed by atoms with Crippen LogP contribution >= 0.6 is 23.2 Å². The third kappa shape index (κ3) is 2.92. The van der Waals surface area contributed by atoms with Gasteiger partial charge >= 0.3 is 5.69 Å². The van der Waals surface area contributed by atoms with Gasteiger partial charge in [-0.15, -0.1) is 0 Å².